The lowest BCUT2D eigenvalue weighted by Gasteiger charge is -1.98. The summed E-state index contributed by atoms with van der Waals surface area (Å²) >= 11 is 0. The Balaban J connectivity index is 2.28. The van der Waals surface area contributed by atoms with Crippen LogP contribution in [0.25, 0.3) is 11.9 Å². The van der Waals surface area contributed by atoms with Crippen molar-refractivity contribution in [3.8, 4) is 5.82 Å². The Morgan fingerprint density at radius 1 is 1.50 bits per heavy atom. The standard InChI is InChI=1S/C11H9FN4O2/c1-8(16(17)18)6-10-4-5-15(14-10)11-3-2-9(12)7-13-11/h2-7H,1H3. The van der Waals surface area contributed by atoms with Gasteiger partial charge in [-0.25, -0.2) is 14.1 Å². The van der Waals surface area contributed by atoms with Crippen LogP contribution in [0.4, 0.5) is 4.39 Å². The molecular formula is C11H9FN4O2. The monoisotopic (exact) mass is 248 g/mol. The van der Waals surface area contributed by atoms with Crippen molar-refractivity contribution in [3.63, 3.8) is 0 Å². The van der Waals surface area contributed by atoms with Gasteiger partial charge in [-0.1, -0.05) is 0 Å². The van der Waals surface area contributed by atoms with Gasteiger partial charge in [0.25, 0.3) is 0 Å². The summed E-state index contributed by atoms with van der Waals surface area (Å²) in [6.07, 6.45) is 4.02. The number of pyridine rings is 1. The Bertz CT molecular complexity index is 604. The second-order valence-corrected chi connectivity index (χ2v) is 3.56. The molecule has 0 aliphatic rings. The van der Waals surface area contributed by atoms with Gasteiger partial charge in [0.1, 0.15) is 5.82 Å². The normalized spacial score (nSPS) is 11.6. The number of hydrogen-bond acceptors (Lipinski definition) is 4. The molecule has 0 atom stereocenters. The second kappa shape index (κ2) is 4.74. The lowest BCUT2D eigenvalue weighted by atomic mass is 10.3. The van der Waals surface area contributed by atoms with E-state index in [4.69, 9.17) is 0 Å². The summed E-state index contributed by atoms with van der Waals surface area (Å²) in [5.74, 6) is 0.00466. The summed E-state index contributed by atoms with van der Waals surface area (Å²) in [6.45, 7) is 1.38. The molecule has 0 saturated carbocycles. The second-order valence-electron chi connectivity index (χ2n) is 3.56. The fourth-order valence-electron chi connectivity index (χ4n) is 1.31. The van der Waals surface area contributed by atoms with Gasteiger partial charge in [-0.05, 0) is 18.2 Å². The summed E-state index contributed by atoms with van der Waals surface area (Å²) in [7, 11) is 0. The van der Waals surface area contributed by atoms with Crippen LogP contribution in [0.5, 0.6) is 0 Å². The third-order valence-corrected chi connectivity index (χ3v) is 2.20. The predicted octanol–water partition coefficient (Wildman–Crippen LogP) is 2.04. The predicted molar refractivity (Wildman–Crippen MR) is 62.0 cm³/mol. The summed E-state index contributed by atoms with van der Waals surface area (Å²) in [4.78, 5) is 13.8. The van der Waals surface area contributed by atoms with E-state index < -0.39 is 10.7 Å². The highest BCUT2D eigenvalue weighted by atomic mass is 19.1. The zero-order valence-corrected chi connectivity index (χ0v) is 9.45. The van der Waals surface area contributed by atoms with Crippen molar-refractivity contribution >= 4 is 6.08 Å². The molecule has 0 bridgehead atoms. The molecule has 0 saturated heterocycles. The van der Waals surface area contributed by atoms with E-state index in [1.54, 1.807) is 12.3 Å². The molecular weight excluding hydrogens is 239 g/mol. The summed E-state index contributed by atoms with van der Waals surface area (Å²) in [6, 6.07) is 4.34. The van der Waals surface area contributed by atoms with Gasteiger partial charge in [0.05, 0.1) is 16.8 Å². The minimum absolute atomic E-state index is 0.00712. The highest BCUT2D eigenvalue weighted by Crippen LogP contribution is 2.08. The van der Waals surface area contributed by atoms with Crippen molar-refractivity contribution < 1.29 is 9.31 Å². The molecule has 0 aliphatic heterocycles. The number of rotatable bonds is 3. The van der Waals surface area contributed by atoms with Gasteiger partial charge in [0, 0.05) is 19.2 Å². The zero-order valence-electron chi connectivity index (χ0n) is 9.45. The van der Waals surface area contributed by atoms with E-state index in [2.05, 4.69) is 10.1 Å². The van der Waals surface area contributed by atoms with Crippen molar-refractivity contribution in [2.24, 2.45) is 0 Å². The highest BCUT2D eigenvalue weighted by molar-refractivity contribution is 5.45. The smallest absolute Gasteiger partial charge is 0.245 e. The topological polar surface area (TPSA) is 73.8 Å². The number of halogens is 1. The molecule has 92 valence electrons. The number of nitro groups is 1. The molecule has 0 unspecified atom stereocenters. The van der Waals surface area contributed by atoms with E-state index >= 15 is 0 Å². The molecule has 2 aromatic rings. The lowest BCUT2D eigenvalue weighted by molar-refractivity contribution is -0.422. The van der Waals surface area contributed by atoms with Crippen LogP contribution in [0.15, 0.2) is 36.3 Å². The Hall–Kier alpha value is -2.57. The Labute approximate surface area is 102 Å². The van der Waals surface area contributed by atoms with Gasteiger partial charge in [-0.3, -0.25) is 10.1 Å². The maximum Gasteiger partial charge on any atom is 0.245 e. The van der Waals surface area contributed by atoms with Crippen molar-refractivity contribution in [1.29, 1.82) is 0 Å². The van der Waals surface area contributed by atoms with Crippen molar-refractivity contribution in [2.75, 3.05) is 0 Å². The Morgan fingerprint density at radius 2 is 2.28 bits per heavy atom. The molecule has 0 fully saturated rings. The Morgan fingerprint density at radius 3 is 2.89 bits per heavy atom. The van der Waals surface area contributed by atoms with E-state index in [1.165, 1.54) is 29.8 Å². The molecule has 0 spiro atoms. The molecule has 7 heteroatoms. The molecule has 6 nitrogen and oxygen atoms in total. The van der Waals surface area contributed by atoms with Gasteiger partial charge in [0.2, 0.25) is 5.70 Å². The van der Waals surface area contributed by atoms with Crippen molar-refractivity contribution in [2.45, 2.75) is 6.92 Å². The maximum absolute atomic E-state index is 12.7. The van der Waals surface area contributed by atoms with Gasteiger partial charge in [-0.15, -0.1) is 0 Å². The van der Waals surface area contributed by atoms with Gasteiger partial charge >= 0.3 is 0 Å². The average molecular weight is 248 g/mol. The van der Waals surface area contributed by atoms with E-state index in [0.717, 1.165) is 6.20 Å². The van der Waals surface area contributed by atoms with E-state index in [1.807, 2.05) is 0 Å². The number of hydrogen-bond donors (Lipinski definition) is 0. The minimum atomic E-state index is -0.491. The first-order valence-corrected chi connectivity index (χ1v) is 5.06. The molecule has 0 aliphatic carbocycles. The number of aromatic nitrogens is 3. The van der Waals surface area contributed by atoms with Gasteiger partial charge < -0.3 is 0 Å². The van der Waals surface area contributed by atoms with E-state index in [0.29, 0.717) is 11.5 Å². The molecule has 18 heavy (non-hydrogen) atoms. The first kappa shape index (κ1) is 11.9. The van der Waals surface area contributed by atoms with Crippen LogP contribution < -0.4 is 0 Å². The fourth-order valence-corrected chi connectivity index (χ4v) is 1.31. The first-order valence-electron chi connectivity index (χ1n) is 5.06. The number of nitrogens with zero attached hydrogens (tertiary/aromatic N) is 4. The third-order valence-electron chi connectivity index (χ3n) is 2.20. The third kappa shape index (κ3) is 2.57. The van der Waals surface area contributed by atoms with Crippen molar-refractivity contribution in [3.05, 3.63) is 57.9 Å². The minimum Gasteiger partial charge on any atom is -0.259 e. The van der Waals surface area contributed by atoms with Gasteiger partial charge in [-0.2, -0.15) is 5.10 Å². The van der Waals surface area contributed by atoms with Crippen LogP contribution in [0, 0.1) is 15.9 Å². The van der Waals surface area contributed by atoms with Crippen LogP contribution in [0.2, 0.25) is 0 Å². The van der Waals surface area contributed by atoms with E-state index in [9.17, 15) is 14.5 Å². The average Bonchev–Trinajstić information content (AvgIpc) is 2.78. The summed E-state index contributed by atoms with van der Waals surface area (Å²) < 4.78 is 14.1. The zero-order chi connectivity index (χ0) is 13.1. The van der Waals surface area contributed by atoms with Gasteiger partial charge in [0.15, 0.2) is 5.82 Å². The Kier molecular flexibility index (Phi) is 3.13. The van der Waals surface area contributed by atoms with Crippen LogP contribution in [0.3, 0.4) is 0 Å². The van der Waals surface area contributed by atoms with Crippen LogP contribution in [-0.4, -0.2) is 19.7 Å². The molecule has 0 radical (unpaired) electrons. The quantitative estimate of drug-likeness (QED) is 0.615. The van der Waals surface area contributed by atoms with Crippen LogP contribution in [-0.2, 0) is 0 Å². The number of allylic oxidation sites excluding steroid dienone is 1. The molecule has 0 amide bonds. The molecule has 0 N–H and O–H groups in total. The van der Waals surface area contributed by atoms with Crippen LogP contribution in [0.1, 0.15) is 12.6 Å². The first-order chi connectivity index (χ1) is 8.56. The summed E-state index contributed by atoms with van der Waals surface area (Å²) in [5.41, 5.74) is 0.433. The maximum atomic E-state index is 12.7. The van der Waals surface area contributed by atoms with Crippen molar-refractivity contribution in [1.82, 2.24) is 14.8 Å². The molecule has 2 rings (SSSR count). The fraction of sp³-hybridized carbons (Fsp3) is 0.0909. The largest absolute Gasteiger partial charge is 0.259 e. The SMILES string of the molecule is CC(=Cc1ccn(-c2ccc(F)cn2)n1)[N+](=O)[O-]. The molecule has 2 heterocycles. The lowest BCUT2D eigenvalue weighted by Crippen LogP contribution is -1.98. The van der Waals surface area contributed by atoms with Crippen LogP contribution >= 0.6 is 0 Å². The molecule has 2 aromatic heterocycles. The highest BCUT2D eigenvalue weighted by Gasteiger charge is 2.05. The molecule has 0 aromatic carbocycles. The van der Waals surface area contributed by atoms with E-state index in [-0.39, 0.29) is 5.70 Å². The summed E-state index contributed by atoms with van der Waals surface area (Å²) in [5, 5.41) is 14.6.